The SMILES string of the molecule is Cc1cnc(N)c(C(=O)C2CC3CCC2O3)c1. The molecule has 0 radical (unpaired) electrons. The molecule has 3 atom stereocenters. The van der Waals surface area contributed by atoms with Gasteiger partial charge in [0.15, 0.2) is 5.78 Å². The second kappa shape index (κ2) is 3.81. The summed E-state index contributed by atoms with van der Waals surface area (Å²) in [6, 6.07) is 1.83. The average molecular weight is 232 g/mol. The van der Waals surface area contributed by atoms with Crippen LogP contribution in [0.2, 0.25) is 0 Å². The zero-order valence-electron chi connectivity index (χ0n) is 9.85. The second-order valence-electron chi connectivity index (χ2n) is 5.03. The predicted molar refractivity (Wildman–Crippen MR) is 63.7 cm³/mol. The Morgan fingerprint density at radius 3 is 3.00 bits per heavy atom. The van der Waals surface area contributed by atoms with Crippen molar-refractivity contribution in [1.29, 1.82) is 0 Å². The van der Waals surface area contributed by atoms with Gasteiger partial charge in [-0.05, 0) is 37.8 Å². The summed E-state index contributed by atoms with van der Waals surface area (Å²) in [6.07, 6.45) is 5.01. The van der Waals surface area contributed by atoms with Gasteiger partial charge in [0.2, 0.25) is 0 Å². The van der Waals surface area contributed by atoms with Gasteiger partial charge in [-0.1, -0.05) is 0 Å². The van der Waals surface area contributed by atoms with Crippen LogP contribution in [0.4, 0.5) is 5.82 Å². The van der Waals surface area contributed by atoms with E-state index in [0.29, 0.717) is 11.4 Å². The highest BCUT2D eigenvalue weighted by molar-refractivity contribution is 6.02. The first-order valence-electron chi connectivity index (χ1n) is 6.07. The molecule has 3 rings (SSSR count). The quantitative estimate of drug-likeness (QED) is 0.788. The Morgan fingerprint density at radius 2 is 2.35 bits per heavy atom. The molecule has 2 bridgehead atoms. The van der Waals surface area contributed by atoms with Crippen molar-refractivity contribution in [3.63, 3.8) is 0 Å². The number of aromatic nitrogens is 1. The second-order valence-corrected chi connectivity index (χ2v) is 5.03. The van der Waals surface area contributed by atoms with Gasteiger partial charge in [-0.15, -0.1) is 0 Å². The van der Waals surface area contributed by atoms with E-state index in [2.05, 4.69) is 4.98 Å². The van der Waals surface area contributed by atoms with Crippen LogP contribution in [-0.4, -0.2) is 23.0 Å². The lowest BCUT2D eigenvalue weighted by Gasteiger charge is -2.17. The van der Waals surface area contributed by atoms with Crippen molar-refractivity contribution in [2.75, 3.05) is 5.73 Å². The fourth-order valence-corrected chi connectivity index (χ4v) is 2.89. The van der Waals surface area contributed by atoms with Crippen molar-refractivity contribution in [3.8, 4) is 0 Å². The van der Waals surface area contributed by atoms with E-state index in [0.717, 1.165) is 24.8 Å². The third-order valence-corrected chi connectivity index (χ3v) is 3.76. The lowest BCUT2D eigenvalue weighted by Crippen LogP contribution is -2.26. The molecule has 17 heavy (non-hydrogen) atoms. The number of rotatable bonds is 2. The lowest BCUT2D eigenvalue weighted by atomic mass is 9.83. The van der Waals surface area contributed by atoms with E-state index in [-0.39, 0.29) is 23.9 Å². The largest absolute Gasteiger partial charge is 0.383 e. The molecule has 4 heteroatoms. The molecule has 2 N–H and O–H groups in total. The van der Waals surface area contributed by atoms with Gasteiger partial charge < -0.3 is 10.5 Å². The van der Waals surface area contributed by atoms with Gasteiger partial charge in [-0.3, -0.25) is 4.79 Å². The van der Waals surface area contributed by atoms with Crippen LogP contribution in [0.5, 0.6) is 0 Å². The van der Waals surface area contributed by atoms with Crippen molar-refractivity contribution in [3.05, 3.63) is 23.4 Å². The van der Waals surface area contributed by atoms with Crippen molar-refractivity contribution >= 4 is 11.6 Å². The Balaban J connectivity index is 1.89. The summed E-state index contributed by atoms with van der Waals surface area (Å²) in [5, 5.41) is 0. The van der Waals surface area contributed by atoms with Gasteiger partial charge in [-0.2, -0.15) is 0 Å². The number of carbonyl (C=O) groups is 1. The molecule has 0 aromatic carbocycles. The maximum Gasteiger partial charge on any atom is 0.172 e. The van der Waals surface area contributed by atoms with E-state index < -0.39 is 0 Å². The molecule has 0 spiro atoms. The van der Waals surface area contributed by atoms with Crippen LogP contribution in [-0.2, 0) is 4.74 Å². The van der Waals surface area contributed by atoms with Gasteiger partial charge in [0.1, 0.15) is 5.82 Å². The summed E-state index contributed by atoms with van der Waals surface area (Å²) in [5.74, 6) is 0.425. The smallest absolute Gasteiger partial charge is 0.172 e. The highest BCUT2D eigenvalue weighted by Crippen LogP contribution is 2.40. The average Bonchev–Trinajstić information content (AvgIpc) is 2.93. The van der Waals surface area contributed by atoms with Crippen LogP contribution in [0.25, 0.3) is 0 Å². The molecule has 0 amide bonds. The maximum atomic E-state index is 12.4. The van der Waals surface area contributed by atoms with Gasteiger partial charge in [0, 0.05) is 6.20 Å². The Bertz CT molecular complexity index is 472. The number of anilines is 1. The number of hydrogen-bond donors (Lipinski definition) is 1. The standard InChI is InChI=1S/C13H16N2O2/c1-7-4-10(13(14)15-6-7)12(16)9-5-8-2-3-11(9)17-8/h4,6,8-9,11H,2-3,5H2,1H3,(H2,14,15). The molecule has 2 saturated heterocycles. The zero-order valence-corrected chi connectivity index (χ0v) is 9.85. The molecular formula is C13H16N2O2. The molecule has 2 aliphatic heterocycles. The zero-order chi connectivity index (χ0) is 12.0. The summed E-state index contributed by atoms with van der Waals surface area (Å²) < 4.78 is 5.72. The Hall–Kier alpha value is -1.42. The molecule has 3 unspecified atom stereocenters. The van der Waals surface area contributed by atoms with E-state index in [1.54, 1.807) is 6.20 Å². The Labute approximate surface area is 100 Å². The van der Waals surface area contributed by atoms with E-state index in [1.807, 2.05) is 13.0 Å². The number of ether oxygens (including phenoxy) is 1. The molecule has 0 aliphatic carbocycles. The van der Waals surface area contributed by atoms with E-state index in [4.69, 9.17) is 10.5 Å². The predicted octanol–water partition coefficient (Wildman–Crippen LogP) is 1.72. The van der Waals surface area contributed by atoms with E-state index in [9.17, 15) is 4.79 Å². The van der Waals surface area contributed by atoms with Crippen LogP contribution in [0.3, 0.4) is 0 Å². The van der Waals surface area contributed by atoms with E-state index in [1.165, 1.54) is 0 Å². The fourth-order valence-electron chi connectivity index (χ4n) is 2.89. The number of ketones is 1. The number of carbonyl (C=O) groups excluding carboxylic acids is 1. The van der Waals surface area contributed by atoms with Gasteiger partial charge in [0.25, 0.3) is 0 Å². The van der Waals surface area contributed by atoms with Crippen molar-refractivity contribution in [2.45, 2.75) is 38.4 Å². The highest BCUT2D eigenvalue weighted by atomic mass is 16.5. The topological polar surface area (TPSA) is 65.2 Å². The first-order valence-corrected chi connectivity index (χ1v) is 6.07. The fraction of sp³-hybridized carbons (Fsp3) is 0.538. The molecule has 3 heterocycles. The molecule has 4 nitrogen and oxygen atoms in total. The molecule has 0 saturated carbocycles. The molecular weight excluding hydrogens is 216 g/mol. The molecule has 1 aromatic rings. The number of nitrogens with two attached hydrogens (primary N) is 1. The third-order valence-electron chi connectivity index (χ3n) is 3.76. The first-order chi connectivity index (χ1) is 8.15. The number of nitrogen functional groups attached to an aromatic ring is 1. The van der Waals surface area contributed by atoms with Crippen molar-refractivity contribution < 1.29 is 9.53 Å². The normalized spacial score (nSPS) is 30.8. The summed E-state index contributed by atoms with van der Waals surface area (Å²) in [7, 11) is 0. The highest BCUT2D eigenvalue weighted by Gasteiger charge is 2.44. The number of pyridine rings is 1. The summed E-state index contributed by atoms with van der Waals surface area (Å²) in [4.78, 5) is 16.5. The van der Waals surface area contributed by atoms with Gasteiger partial charge in [0.05, 0.1) is 23.7 Å². The van der Waals surface area contributed by atoms with Gasteiger partial charge in [-0.25, -0.2) is 4.98 Å². The molecule has 1 aromatic heterocycles. The number of nitrogens with zero attached hydrogens (tertiary/aromatic N) is 1. The number of aryl methyl sites for hydroxylation is 1. The van der Waals surface area contributed by atoms with Crippen LogP contribution >= 0.6 is 0 Å². The molecule has 2 aliphatic rings. The van der Waals surface area contributed by atoms with Crippen LogP contribution < -0.4 is 5.73 Å². The monoisotopic (exact) mass is 232 g/mol. The maximum absolute atomic E-state index is 12.4. The number of Topliss-reactive ketones (excluding diaryl/α,β-unsaturated/α-hetero) is 1. The van der Waals surface area contributed by atoms with Crippen molar-refractivity contribution in [2.24, 2.45) is 5.92 Å². The molecule has 2 fully saturated rings. The lowest BCUT2D eigenvalue weighted by molar-refractivity contribution is 0.0744. The minimum atomic E-state index is -0.0142. The van der Waals surface area contributed by atoms with Crippen LogP contribution in [0, 0.1) is 12.8 Å². The van der Waals surface area contributed by atoms with Gasteiger partial charge >= 0.3 is 0 Å². The Morgan fingerprint density at radius 1 is 1.53 bits per heavy atom. The van der Waals surface area contributed by atoms with Crippen molar-refractivity contribution in [1.82, 2.24) is 4.98 Å². The molecule has 90 valence electrons. The summed E-state index contributed by atoms with van der Waals surface area (Å²) >= 11 is 0. The number of fused-ring (bicyclic) bond motifs is 2. The number of hydrogen-bond acceptors (Lipinski definition) is 4. The van der Waals surface area contributed by atoms with Crippen LogP contribution in [0.15, 0.2) is 12.3 Å². The summed E-state index contributed by atoms with van der Waals surface area (Å²) in [6.45, 7) is 1.92. The minimum absolute atomic E-state index is 0.0142. The van der Waals surface area contributed by atoms with Crippen LogP contribution in [0.1, 0.15) is 35.2 Å². The third kappa shape index (κ3) is 1.72. The summed E-state index contributed by atoms with van der Waals surface area (Å²) in [5.41, 5.74) is 7.31. The Kier molecular flexibility index (Phi) is 2.40. The van der Waals surface area contributed by atoms with E-state index >= 15 is 0 Å². The minimum Gasteiger partial charge on any atom is -0.383 e. The first kappa shape index (κ1) is 10.7.